The number of hydrogen-bond donors (Lipinski definition) is 2. The molecule has 2 aliphatic heterocycles. The van der Waals surface area contributed by atoms with Crippen LogP contribution < -0.4 is 20.1 Å². The van der Waals surface area contributed by atoms with Crippen LogP contribution in [0.25, 0.3) is 0 Å². The van der Waals surface area contributed by atoms with Crippen molar-refractivity contribution in [1.29, 1.82) is 0 Å². The molecule has 7 nitrogen and oxygen atoms in total. The first kappa shape index (κ1) is 17.8. The maximum absolute atomic E-state index is 12.1. The van der Waals surface area contributed by atoms with Crippen molar-refractivity contribution in [1.82, 2.24) is 15.5 Å². The molecule has 0 bridgehead atoms. The number of benzene rings is 1. The molecule has 2 N–H and O–H groups in total. The molecule has 1 saturated heterocycles. The van der Waals surface area contributed by atoms with Crippen molar-refractivity contribution >= 4 is 6.03 Å². The van der Waals surface area contributed by atoms with Crippen molar-refractivity contribution in [2.45, 2.75) is 25.5 Å². The molecule has 2 amide bonds. The van der Waals surface area contributed by atoms with Crippen LogP contribution >= 0.6 is 0 Å². The topological polar surface area (TPSA) is 72.1 Å². The van der Waals surface area contributed by atoms with E-state index in [4.69, 9.17) is 14.2 Å². The van der Waals surface area contributed by atoms with Crippen molar-refractivity contribution in [2.24, 2.45) is 0 Å². The quantitative estimate of drug-likeness (QED) is 0.837. The Kier molecular flexibility index (Phi) is 5.65. The van der Waals surface area contributed by atoms with E-state index in [2.05, 4.69) is 29.4 Å². The van der Waals surface area contributed by atoms with Crippen LogP contribution in [0.5, 0.6) is 11.5 Å². The Bertz CT molecular complexity index is 587. The monoisotopic (exact) mass is 349 g/mol. The molecule has 1 atom stereocenters. The van der Waals surface area contributed by atoms with Crippen molar-refractivity contribution in [3.8, 4) is 11.5 Å². The number of rotatable bonds is 5. The van der Waals surface area contributed by atoms with E-state index in [1.54, 1.807) is 0 Å². The Hall–Kier alpha value is -1.99. The highest BCUT2D eigenvalue weighted by atomic mass is 16.6. The summed E-state index contributed by atoms with van der Waals surface area (Å²) in [6.07, 6.45) is -0.187. The Balaban J connectivity index is 1.40. The lowest BCUT2D eigenvalue weighted by Crippen LogP contribution is -2.56. The number of ether oxygens (including phenoxy) is 3. The van der Waals surface area contributed by atoms with E-state index in [1.165, 1.54) is 0 Å². The summed E-state index contributed by atoms with van der Waals surface area (Å²) in [6.45, 7) is 8.94. The van der Waals surface area contributed by atoms with Gasteiger partial charge in [0.15, 0.2) is 17.6 Å². The van der Waals surface area contributed by atoms with Gasteiger partial charge in [0.1, 0.15) is 6.61 Å². The van der Waals surface area contributed by atoms with Crippen LogP contribution in [0.4, 0.5) is 4.79 Å². The number of morpholine rings is 1. The molecule has 3 rings (SSSR count). The van der Waals surface area contributed by atoms with Crippen LogP contribution in [0.15, 0.2) is 24.3 Å². The number of fused-ring (bicyclic) bond motifs is 1. The Morgan fingerprint density at radius 1 is 1.20 bits per heavy atom. The molecule has 0 spiro atoms. The van der Waals surface area contributed by atoms with Crippen LogP contribution in [0.3, 0.4) is 0 Å². The third-order valence-electron chi connectivity index (χ3n) is 4.61. The highest BCUT2D eigenvalue weighted by Crippen LogP contribution is 2.30. The summed E-state index contributed by atoms with van der Waals surface area (Å²) in [7, 11) is 0. The Morgan fingerprint density at radius 3 is 2.68 bits per heavy atom. The van der Waals surface area contributed by atoms with Crippen LogP contribution in [0, 0.1) is 0 Å². The summed E-state index contributed by atoms with van der Waals surface area (Å²) in [5.41, 5.74) is -0.107. The molecular weight excluding hydrogens is 322 g/mol. The van der Waals surface area contributed by atoms with Crippen LogP contribution in [-0.2, 0) is 4.74 Å². The van der Waals surface area contributed by atoms with Gasteiger partial charge in [0.2, 0.25) is 0 Å². The van der Waals surface area contributed by atoms with E-state index in [0.717, 1.165) is 37.8 Å². The highest BCUT2D eigenvalue weighted by molar-refractivity contribution is 5.73. The maximum Gasteiger partial charge on any atom is 0.314 e. The van der Waals surface area contributed by atoms with E-state index in [0.29, 0.717) is 19.7 Å². The normalized spacial score (nSPS) is 20.8. The summed E-state index contributed by atoms with van der Waals surface area (Å²) in [5.74, 6) is 1.46. The maximum atomic E-state index is 12.1. The van der Waals surface area contributed by atoms with Gasteiger partial charge in [-0.05, 0) is 26.0 Å². The number of carbonyl (C=O) groups is 1. The number of amides is 2. The van der Waals surface area contributed by atoms with Crippen molar-refractivity contribution in [3.05, 3.63) is 24.3 Å². The molecule has 0 aromatic heterocycles. The zero-order valence-corrected chi connectivity index (χ0v) is 14.9. The third-order valence-corrected chi connectivity index (χ3v) is 4.61. The molecule has 25 heavy (non-hydrogen) atoms. The number of carbonyl (C=O) groups excluding carboxylic acids is 1. The molecule has 2 heterocycles. The average molecular weight is 349 g/mol. The number of urea groups is 1. The smallest absolute Gasteiger partial charge is 0.314 e. The molecule has 138 valence electrons. The first-order valence-corrected chi connectivity index (χ1v) is 8.77. The van der Waals surface area contributed by atoms with Gasteiger partial charge in [-0.15, -0.1) is 0 Å². The van der Waals surface area contributed by atoms with E-state index in [1.807, 2.05) is 24.3 Å². The van der Waals surface area contributed by atoms with Gasteiger partial charge in [0, 0.05) is 25.2 Å². The number of hydrogen-bond acceptors (Lipinski definition) is 5. The molecule has 1 fully saturated rings. The van der Waals surface area contributed by atoms with Gasteiger partial charge in [-0.1, -0.05) is 12.1 Å². The van der Waals surface area contributed by atoms with E-state index in [-0.39, 0.29) is 17.7 Å². The van der Waals surface area contributed by atoms with E-state index < -0.39 is 0 Å². The minimum absolute atomic E-state index is 0.107. The average Bonchev–Trinajstić information content (AvgIpc) is 2.65. The van der Waals surface area contributed by atoms with Crippen LogP contribution in [0.2, 0.25) is 0 Å². The lowest BCUT2D eigenvalue weighted by Gasteiger charge is -2.40. The molecule has 7 heteroatoms. The van der Waals surface area contributed by atoms with Crippen molar-refractivity contribution in [2.75, 3.05) is 46.0 Å². The molecule has 1 aromatic carbocycles. The number of nitrogens with one attached hydrogen (secondary N) is 2. The largest absolute Gasteiger partial charge is 0.486 e. The van der Waals surface area contributed by atoms with Crippen molar-refractivity contribution in [3.63, 3.8) is 0 Å². The third kappa shape index (κ3) is 4.76. The summed E-state index contributed by atoms with van der Waals surface area (Å²) in [6, 6.07) is 7.36. The second kappa shape index (κ2) is 7.93. The van der Waals surface area contributed by atoms with Crippen LogP contribution in [0.1, 0.15) is 13.8 Å². The lowest BCUT2D eigenvalue weighted by atomic mass is 10.0. The Morgan fingerprint density at radius 2 is 1.92 bits per heavy atom. The first-order valence-electron chi connectivity index (χ1n) is 8.77. The number of para-hydroxylation sites is 2. The van der Waals surface area contributed by atoms with E-state index >= 15 is 0 Å². The standard InChI is InChI=1S/C18H27N3O4/c1-18(2,21-7-9-23-10-8-21)13-20-17(22)19-11-14-12-24-15-5-3-4-6-16(15)25-14/h3-6,14H,7-13H2,1-2H3,(H2,19,20,22)/t14-/m1/s1. The second-order valence-corrected chi connectivity index (χ2v) is 6.97. The van der Waals surface area contributed by atoms with E-state index in [9.17, 15) is 4.79 Å². The highest BCUT2D eigenvalue weighted by Gasteiger charge is 2.28. The molecular formula is C18H27N3O4. The summed E-state index contributed by atoms with van der Waals surface area (Å²) < 4.78 is 16.9. The van der Waals surface area contributed by atoms with Gasteiger partial charge >= 0.3 is 6.03 Å². The predicted molar refractivity (Wildman–Crippen MR) is 94.2 cm³/mol. The SMILES string of the molecule is CC(C)(CNC(=O)NC[C@@H]1COc2ccccc2O1)N1CCOCC1. The number of nitrogens with zero attached hydrogens (tertiary/aromatic N) is 1. The van der Waals surface area contributed by atoms with Gasteiger partial charge in [-0.3, -0.25) is 4.90 Å². The van der Waals surface area contributed by atoms with Gasteiger partial charge in [0.05, 0.1) is 19.8 Å². The summed E-state index contributed by atoms with van der Waals surface area (Å²) >= 11 is 0. The van der Waals surface area contributed by atoms with Gasteiger partial charge in [-0.2, -0.15) is 0 Å². The zero-order valence-electron chi connectivity index (χ0n) is 14.9. The van der Waals surface area contributed by atoms with Gasteiger partial charge in [0.25, 0.3) is 0 Å². The molecule has 0 aliphatic carbocycles. The molecule has 1 aromatic rings. The fourth-order valence-corrected chi connectivity index (χ4v) is 3.01. The van der Waals surface area contributed by atoms with Gasteiger partial charge < -0.3 is 24.8 Å². The second-order valence-electron chi connectivity index (χ2n) is 6.97. The first-order chi connectivity index (χ1) is 12.0. The predicted octanol–water partition coefficient (Wildman–Crippen LogP) is 1.24. The van der Waals surface area contributed by atoms with Gasteiger partial charge in [-0.25, -0.2) is 4.79 Å². The summed E-state index contributed by atoms with van der Waals surface area (Å²) in [5, 5.41) is 5.81. The van der Waals surface area contributed by atoms with Crippen molar-refractivity contribution < 1.29 is 19.0 Å². The zero-order chi connectivity index (χ0) is 17.7. The minimum atomic E-state index is -0.191. The summed E-state index contributed by atoms with van der Waals surface area (Å²) in [4.78, 5) is 14.4. The van der Waals surface area contributed by atoms with Crippen LogP contribution in [-0.4, -0.2) is 68.6 Å². The molecule has 0 unspecified atom stereocenters. The molecule has 0 radical (unpaired) electrons. The fraction of sp³-hybridized carbons (Fsp3) is 0.611. The molecule has 2 aliphatic rings. The lowest BCUT2D eigenvalue weighted by molar-refractivity contribution is -0.00877. The molecule has 0 saturated carbocycles. The fourth-order valence-electron chi connectivity index (χ4n) is 3.01. The minimum Gasteiger partial charge on any atom is -0.486 e. The Labute approximate surface area is 148 Å².